The molecule has 1 saturated carbocycles. The molecule has 0 N–H and O–H groups in total. The van der Waals surface area contributed by atoms with Crippen LogP contribution in [-0.4, -0.2) is 34.9 Å². The number of ketones is 2. The first kappa shape index (κ1) is 28.9. The van der Waals surface area contributed by atoms with E-state index >= 15 is 0 Å². The van der Waals surface area contributed by atoms with Crippen molar-refractivity contribution < 1.29 is 33.3 Å². The summed E-state index contributed by atoms with van der Waals surface area (Å²) in [4.78, 5) is 59.7. The number of fused-ring (bicyclic) bond motifs is 3. The summed E-state index contributed by atoms with van der Waals surface area (Å²) in [5.41, 5.74) is 2.17. The summed E-state index contributed by atoms with van der Waals surface area (Å²) >= 11 is 0. The molecule has 3 aromatic rings. The third kappa shape index (κ3) is 6.70. The van der Waals surface area contributed by atoms with Gasteiger partial charge in [-0.15, -0.1) is 0 Å². The quantitative estimate of drug-likeness (QED) is 0.104. The SMILES string of the molecule is CCC(=O)O/N=C(\CC)C(=O)c1ccc2oc3ccc(C(=O)/C(CCC4CCCC4)=N/OC(=O)CC)cc3c2c1. The number of hydrogen-bond donors (Lipinski definition) is 0. The van der Waals surface area contributed by atoms with Crippen LogP contribution in [0.2, 0.25) is 0 Å². The Balaban J connectivity index is 1.65. The third-order valence-electron chi connectivity index (χ3n) is 7.21. The van der Waals surface area contributed by atoms with Gasteiger partial charge in [-0.05, 0) is 61.6 Å². The zero-order valence-electron chi connectivity index (χ0n) is 23.2. The zero-order valence-corrected chi connectivity index (χ0v) is 23.2. The molecule has 210 valence electrons. The lowest BCUT2D eigenvalue weighted by Gasteiger charge is -2.10. The molecule has 1 aliphatic rings. The van der Waals surface area contributed by atoms with E-state index in [1.165, 1.54) is 12.8 Å². The predicted octanol–water partition coefficient (Wildman–Crippen LogP) is 6.95. The molecule has 0 unspecified atom stereocenters. The monoisotopic (exact) mass is 546 g/mol. The lowest BCUT2D eigenvalue weighted by atomic mass is 9.95. The Morgan fingerprint density at radius 2 is 1.25 bits per heavy atom. The van der Waals surface area contributed by atoms with Crippen LogP contribution in [0.5, 0.6) is 0 Å². The first-order valence-electron chi connectivity index (χ1n) is 13.9. The summed E-state index contributed by atoms with van der Waals surface area (Å²) in [5, 5.41) is 9.03. The molecule has 9 nitrogen and oxygen atoms in total. The third-order valence-corrected chi connectivity index (χ3v) is 7.21. The highest BCUT2D eigenvalue weighted by Crippen LogP contribution is 2.32. The molecule has 1 fully saturated rings. The molecular weight excluding hydrogens is 512 g/mol. The van der Waals surface area contributed by atoms with Crippen molar-refractivity contribution in [3.63, 3.8) is 0 Å². The van der Waals surface area contributed by atoms with Gasteiger partial charge in [0.2, 0.25) is 11.6 Å². The van der Waals surface area contributed by atoms with E-state index in [9.17, 15) is 19.2 Å². The molecule has 0 aliphatic heterocycles. The van der Waals surface area contributed by atoms with Crippen LogP contribution in [0.25, 0.3) is 21.9 Å². The fraction of sp³-hybridized carbons (Fsp3) is 0.419. The van der Waals surface area contributed by atoms with Crippen molar-refractivity contribution in [2.45, 2.75) is 78.6 Å². The summed E-state index contributed by atoms with van der Waals surface area (Å²) in [6, 6.07) is 10.1. The smallest absolute Gasteiger partial charge is 0.334 e. The van der Waals surface area contributed by atoms with Gasteiger partial charge in [-0.1, -0.05) is 56.8 Å². The van der Waals surface area contributed by atoms with Crippen LogP contribution in [0.15, 0.2) is 51.1 Å². The number of carbonyl (C=O) groups excluding carboxylic acids is 4. The van der Waals surface area contributed by atoms with E-state index in [0.29, 0.717) is 45.4 Å². The lowest BCUT2D eigenvalue weighted by molar-refractivity contribution is -0.144. The highest BCUT2D eigenvalue weighted by Gasteiger charge is 2.22. The Morgan fingerprint density at radius 3 is 1.75 bits per heavy atom. The molecule has 40 heavy (non-hydrogen) atoms. The number of benzene rings is 2. The van der Waals surface area contributed by atoms with Crippen LogP contribution in [0, 0.1) is 5.92 Å². The second kappa shape index (κ2) is 13.3. The molecule has 1 aromatic heterocycles. The molecule has 4 rings (SSSR count). The number of oxime groups is 2. The van der Waals surface area contributed by atoms with E-state index in [0.717, 1.165) is 19.3 Å². The van der Waals surface area contributed by atoms with E-state index in [1.54, 1.807) is 57.2 Å². The van der Waals surface area contributed by atoms with E-state index in [2.05, 4.69) is 10.3 Å². The first-order chi connectivity index (χ1) is 19.3. The van der Waals surface area contributed by atoms with Crippen molar-refractivity contribution in [3.8, 4) is 0 Å². The minimum absolute atomic E-state index is 0.120. The maximum absolute atomic E-state index is 13.5. The fourth-order valence-corrected chi connectivity index (χ4v) is 4.84. The van der Waals surface area contributed by atoms with Crippen molar-refractivity contribution in [2.24, 2.45) is 16.2 Å². The molecule has 9 heteroatoms. The molecule has 0 atom stereocenters. The second-order valence-corrected chi connectivity index (χ2v) is 9.93. The second-order valence-electron chi connectivity index (χ2n) is 9.93. The number of Topliss-reactive ketones (excluding diaryl/α,β-unsaturated/α-hetero) is 2. The number of furan rings is 1. The van der Waals surface area contributed by atoms with Crippen LogP contribution < -0.4 is 0 Å². The van der Waals surface area contributed by atoms with Crippen molar-refractivity contribution in [3.05, 3.63) is 47.5 Å². The molecule has 0 spiro atoms. The molecule has 0 amide bonds. The number of nitrogens with zero attached hydrogens (tertiary/aromatic N) is 2. The van der Waals surface area contributed by atoms with Crippen LogP contribution in [0.4, 0.5) is 0 Å². The number of rotatable bonds is 12. The van der Waals surface area contributed by atoms with Gasteiger partial charge in [0.25, 0.3) is 0 Å². The van der Waals surface area contributed by atoms with Gasteiger partial charge in [0.15, 0.2) is 0 Å². The van der Waals surface area contributed by atoms with Gasteiger partial charge in [-0.25, -0.2) is 9.59 Å². The summed E-state index contributed by atoms with van der Waals surface area (Å²) in [7, 11) is 0. The predicted molar refractivity (Wildman–Crippen MR) is 151 cm³/mol. The van der Waals surface area contributed by atoms with Crippen LogP contribution in [0.1, 0.15) is 99.3 Å². The average Bonchev–Trinajstić information content (AvgIpc) is 3.63. The maximum Gasteiger partial charge on any atom is 0.334 e. The molecule has 0 saturated heterocycles. The minimum Gasteiger partial charge on any atom is -0.456 e. The molecular formula is C31H34N2O7. The largest absolute Gasteiger partial charge is 0.456 e. The van der Waals surface area contributed by atoms with Gasteiger partial charge in [-0.2, -0.15) is 0 Å². The fourth-order valence-electron chi connectivity index (χ4n) is 4.84. The van der Waals surface area contributed by atoms with Crippen LogP contribution >= 0.6 is 0 Å². The van der Waals surface area contributed by atoms with Crippen molar-refractivity contribution >= 4 is 56.9 Å². The average molecular weight is 547 g/mol. The van der Waals surface area contributed by atoms with Gasteiger partial charge in [0, 0.05) is 34.7 Å². The molecule has 1 heterocycles. The van der Waals surface area contributed by atoms with E-state index in [-0.39, 0.29) is 42.3 Å². The Kier molecular flexibility index (Phi) is 9.58. The van der Waals surface area contributed by atoms with Gasteiger partial charge >= 0.3 is 11.9 Å². The Labute approximate surface area is 232 Å². The number of hydrogen-bond acceptors (Lipinski definition) is 9. The maximum atomic E-state index is 13.5. The van der Waals surface area contributed by atoms with Crippen molar-refractivity contribution in [2.75, 3.05) is 0 Å². The van der Waals surface area contributed by atoms with Crippen LogP contribution in [-0.2, 0) is 19.3 Å². The Bertz CT molecular complexity index is 1490. The summed E-state index contributed by atoms with van der Waals surface area (Å²) in [6.07, 6.45) is 6.48. The molecule has 1 aliphatic carbocycles. The lowest BCUT2D eigenvalue weighted by Crippen LogP contribution is -2.17. The molecule has 2 aromatic carbocycles. The summed E-state index contributed by atoms with van der Waals surface area (Å²) in [5.74, 6) is -1.17. The Morgan fingerprint density at radius 1 is 0.750 bits per heavy atom. The first-order valence-corrected chi connectivity index (χ1v) is 13.9. The van der Waals surface area contributed by atoms with Crippen molar-refractivity contribution in [1.82, 2.24) is 0 Å². The molecule has 0 radical (unpaired) electrons. The normalized spacial score (nSPS) is 14.6. The number of carbonyl (C=O) groups is 4. The van der Waals surface area contributed by atoms with Crippen molar-refractivity contribution in [1.29, 1.82) is 0 Å². The summed E-state index contributed by atoms with van der Waals surface area (Å²) < 4.78 is 5.95. The highest BCUT2D eigenvalue weighted by molar-refractivity contribution is 6.47. The van der Waals surface area contributed by atoms with Gasteiger partial charge in [-0.3, -0.25) is 9.59 Å². The highest BCUT2D eigenvalue weighted by atomic mass is 16.7. The van der Waals surface area contributed by atoms with Crippen LogP contribution in [0.3, 0.4) is 0 Å². The zero-order chi connectivity index (χ0) is 28.6. The molecule has 0 bridgehead atoms. The minimum atomic E-state index is -0.525. The van der Waals surface area contributed by atoms with Gasteiger partial charge < -0.3 is 14.1 Å². The van der Waals surface area contributed by atoms with E-state index < -0.39 is 11.9 Å². The summed E-state index contributed by atoms with van der Waals surface area (Å²) in [6.45, 7) is 5.07. The van der Waals surface area contributed by atoms with E-state index in [1.807, 2.05) is 0 Å². The van der Waals surface area contributed by atoms with Gasteiger partial charge in [0.1, 0.15) is 22.6 Å². The topological polar surface area (TPSA) is 125 Å². The van der Waals surface area contributed by atoms with E-state index in [4.69, 9.17) is 14.1 Å². The Hall–Kier alpha value is -4.14. The standard InChI is InChI=1S/C31H34N2O7/c1-4-24(32-39-28(34)5-2)30(36)20-12-15-26-22(17-20)23-18-21(13-16-27(23)38-26)31(37)25(33-40-29(35)6-3)14-11-19-9-7-8-10-19/h12-13,15-19H,4-11,14H2,1-3H3/b32-24+,33-25+. The van der Waals surface area contributed by atoms with Gasteiger partial charge in [0.05, 0.1) is 0 Å².